The lowest BCUT2D eigenvalue weighted by atomic mass is 10.3. The maximum Gasteiger partial charge on any atom is 0.338 e. The molecule has 0 saturated heterocycles. The zero-order valence-corrected chi connectivity index (χ0v) is 10.5. The summed E-state index contributed by atoms with van der Waals surface area (Å²) in [7, 11) is 0. The van der Waals surface area contributed by atoms with E-state index in [4.69, 9.17) is 5.21 Å². The Kier molecular flexibility index (Phi) is 4.18. The zero-order valence-electron chi connectivity index (χ0n) is 8.84. The molecule has 0 aliphatic heterocycles. The van der Waals surface area contributed by atoms with Gasteiger partial charge in [-0.15, -0.1) is 11.3 Å². The van der Waals surface area contributed by atoms with Crippen molar-refractivity contribution in [3.8, 4) is 0 Å². The van der Waals surface area contributed by atoms with E-state index in [2.05, 4.69) is 10.3 Å². The predicted octanol–water partition coefficient (Wildman–Crippen LogP) is 2.08. The van der Waals surface area contributed by atoms with Crippen LogP contribution in [-0.4, -0.2) is 28.5 Å². The molecular weight excluding hydrogens is 258 g/mol. The van der Waals surface area contributed by atoms with Gasteiger partial charge in [0.05, 0.1) is 10.2 Å². The van der Waals surface area contributed by atoms with E-state index in [1.807, 2.05) is 24.3 Å². The van der Waals surface area contributed by atoms with Gasteiger partial charge in [0, 0.05) is 12.3 Å². The van der Waals surface area contributed by atoms with Crippen LogP contribution >= 0.6 is 23.1 Å². The van der Waals surface area contributed by atoms with Crippen LogP contribution in [0.3, 0.4) is 0 Å². The molecule has 0 saturated carbocycles. The Morgan fingerprint density at radius 2 is 2.29 bits per heavy atom. The molecule has 0 aliphatic rings. The average molecular weight is 269 g/mol. The third-order valence-electron chi connectivity index (χ3n) is 1.99. The number of carbonyl (C=O) groups is 1. The Labute approximate surface area is 106 Å². The lowest BCUT2D eigenvalue weighted by Gasteiger charge is -2.00. The molecule has 90 valence electrons. The number of hydrogen-bond donors (Lipinski definition) is 3. The van der Waals surface area contributed by atoms with Crippen LogP contribution in [0.25, 0.3) is 10.2 Å². The molecule has 0 atom stereocenters. The third kappa shape index (κ3) is 3.32. The van der Waals surface area contributed by atoms with Crippen molar-refractivity contribution in [2.24, 2.45) is 0 Å². The molecule has 7 heteroatoms. The molecule has 1 heterocycles. The molecule has 0 spiro atoms. The van der Waals surface area contributed by atoms with Crippen molar-refractivity contribution in [2.45, 2.75) is 4.34 Å². The standard InChI is InChI=1S/C10H11N3O2S2/c14-9(13-15)11-5-6-16-10-12-7-3-1-2-4-8(7)17-10/h1-4,15H,5-6H2,(H2,11,13,14). The molecule has 1 aromatic carbocycles. The number of amides is 2. The second-order valence-electron chi connectivity index (χ2n) is 3.16. The van der Waals surface area contributed by atoms with Crippen molar-refractivity contribution in [1.82, 2.24) is 15.8 Å². The van der Waals surface area contributed by atoms with Gasteiger partial charge in [-0.25, -0.2) is 15.3 Å². The van der Waals surface area contributed by atoms with Crippen LogP contribution in [0, 0.1) is 0 Å². The maximum atomic E-state index is 10.7. The molecule has 17 heavy (non-hydrogen) atoms. The topological polar surface area (TPSA) is 74.2 Å². The van der Waals surface area contributed by atoms with Gasteiger partial charge in [-0.1, -0.05) is 23.9 Å². The summed E-state index contributed by atoms with van der Waals surface area (Å²) in [5.74, 6) is 0.716. The first kappa shape index (κ1) is 12.2. The highest BCUT2D eigenvalue weighted by Crippen LogP contribution is 2.28. The highest BCUT2D eigenvalue weighted by Gasteiger charge is 2.03. The number of benzene rings is 1. The first-order valence-electron chi connectivity index (χ1n) is 4.96. The van der Waals surface area contributed by atoms with Gasteiger partial charge in [0.1, 0.15) is 0 Å². The monoisotopic (exact) mass is 269 g/mol. The third-order valence-corrected chi connectivity index (χ3v) is 4.17. The molecule has 0 unspecified atom stereocenters. The molecule has 0 fully saturated rings. The smallest absolute Gasteiger partial charge is 0.336 e. The first-order chi connectivity index (χ1) is 8.29. The van der Waals surface area contributed by atoms with Crippen molar-refractivity contribution in [1.29, 1.82) is 0 Å². The number of carbonyl (C=O) groups excluding carboxylic acids is 1. The van der Waals surface area contributed by atoms with E-state index in [0.29, 0.717) is 12.3 Å². The molecule has 2 amide bonds. The van der Waals surface area contributed by atoms with Crippen LogP contribution in [0.5, 0.6) is 0 Å². The van der Waals surface area contributed by atoms with E-state index < -0.39 is 6.03 Å². The molecule has 2 aromatic rings. The van der Waals surface area contributed by atoms with Crippen LogP contribution in [0.15, 0.2) is 28.6 Å². The molecular formula is C10H11N3O2S2. The molecule has 0 bridgehead atoms. The summed E-state index contributed by atoms with van der Waals surface area (Å²) in [4.78, 5) is 15.1. The normalized spacial score (nSPS) is 10.4. The summed E-state index contributed by atoms with van der Waals surface area (Å²) in [6.45, 7) is 0.479. The fraction of sp³-hybridized carbons (Fsp3) is 0.200. The summed E-state index contributed by atoms with van der Waals surface area (Å²) < 4.78 is 2.15. The highest BCUT2D eigenvalue weighted by atomic mass is 32.2. The maximum absolute atomic E-state index is 10.7. The second kappa shape index (κ2) is 5.85. The molecule has 3 N–H and O–H groups in total. The number of hydrogen-bond acceptors (Lipinski definition) is 5. The molecule has 0 aliphatic carbocycles. The Balaban J connectivity index is 1.85. The minimum absolute atomic E-state index is 0.479. The van der Waals surface area contributed by atoms with E-state index in [1.54, 1.807) is 23.1 Å². The summed E-state index contributed by atoms with van der Waals surface area (Å²) in [6, 6.07) is 7.38. The number of aromatic nitrogens is 1. The predicted molar refractivity (Wildman–Crippen MR) is 68.7 cm³/mol. The lowest BCUT2D eigenvalue weighted by molar-refractivity contribution is 0.162. The SMILES string of the molecule is O=C(NO)NCCSc1nc2ccccc2s1. The summed E-state index contributed by atoms with van der Waals surface area (Å²) in [6.07, 6.45) is 0. The van der Waals surface area contributed by atoms with Crippen molar-refractivity contribution in [3.05, 3.63) is 24.3 Å². The molecule has 0 radical (unpaired) electrons. The summed E-state index contributed by atoms with van der Waals surface area (Å²) >= 11 is 3.22. The highest BCUT2D eigenvalue weighted by molar-refractivity contribution is 8.01. The van der Waals surface area contributed by atoms with Crippen LogP contribution < -0.4 is 10.8 Å². The van der Waals surface area contributed by atoms with Gasteiger partial charge < -0.3 is 5.32 Å². The Morgan fingerprint density at radius 1 is 1.47 bits per heavy atom. The average Bonchev–Trinajstić information content (AvgIpc) is 2.76. The number of para-hydroxylation sites is 1. The van der Waals surface area contributed by atoms with Gasteiger partial charge in [-0.05, 0) is 12.1 Å². The van der Waals surface area contributed by atoms with Crippen LogP contribution in [-0.2, 0) is 0 Å². The Morgan fingerprint density at radius 3 is 3.06 bits per heavy atom. The number of thioether (sulfide) groups is 1. The van der Waals surface area contributed by atoms with Gasteiger partial charge in [0.25, 0.3) is 0 Å². The van der Waals surface area contributed by atoms with E-state index in [-0.39, 0.29) is 0 Å². The van der Waals surface area contributed by atoms with Crippen LogP contribution in [0.4, 0.5) is 4.79 Å². The van der Waals surface area contributed by atoms with Crippen molar-refractivity contribution in [3.63, 3.8) is 0 Å². The largest absolute Gasteiger partial charge is 0.338 e. The minimum Gasteiger partial charge on any atom is -0.336 e. The quantitative estimate of drug-likeness (QED) is 0.344. The molecule has 1 aromatic heterocycles. The van der Waals surface area contributed by atoms with Gasteiger partial charge in [0.15, 0.2) is 4.34 Å². The van der Waals surface area contributed by atoms with Crippen molar-refractivity contribution < 1.29 is 10.0 Å². The van der Waals surface area contributed by atoms with Gasteiger partial charge in [0.2, 0.25) is 0 Å². The zero-order chi connectivity index (χ0) is 12.1. The van der Waals surface area contributed by atoms with E-state index in [9.17, 15) is 4.79 Å². The first-order valence-corrected chi connectivity index (χ1v) is 6.76. The number of urea groups is 1. The number of nitrogens with zero attached hydrogens (tertiary/aromatic N) is 1. The van der Waals surface area contributed by atoms with Crippen LogP contribution in [0.1, 0.15) is 0 Å². The number of hydroxylamine groups is 1. The Hall–Kier alpha value is -1.31. The summed E-state index contributed by atoms with van der Waals surface area (Å²) in [5.41, 5.74) is 2.51. The summed E-state index contributed by atoms with van der Waals surface area (Å²) in [5, 5.41) is 10.8. The van der Waals surface area contributed by atoms with E-state index in [0.717, 1.165) is 14.6 Å². The van der Waals surface area contributed by atoms with E-state index in [1.165, 1.54) is 5.48 Å². The van der Waals surface area contributed by atoms with Gasteiger partial charge in [-0.3, -0.25) is 5.21 Å². The fourth-order valence-electron chi connectivity index (χ4n) is 1.26. The number of nitrogens with one attached hydrogen (secondary N) is 2. The molecule has 5 nitrogen and oxygen atoms in total. The van der Waals surface area contributed by atoms with Gasteiger partial charge in [-0.2, -0.15) is 0 Å². The lowest BCUT2D eigenvalue weighted by Crippen LogP contribution is -2.34. The van der Waals surface area contributed by atoms with E-state index >= 15 is 0 Å². The molecule has 2 rings (SSSR count). The van der Waals surface area contributed by atoms with Crippen LogP contribution in [0.2, 0.25) is 0 Å². The van der Waals surface area contributed by atoms with Crippen molar-refractivity contribution >= 4 is 39.3 Å². The number of thiazole rings is 1. The fourth-order valence-corrected chi connectivity index (χ4v) is 3.25. The Bertz CT molecular complexity index is 482. The van der Waals surface area contributed by atoms with Crippen molar-refractivity contribution in [2.75, 3.05) is 12.3 Å². The number of rotatable bonds is 4. The number of fused-ring (bicyclic) bond motifs is 1. The second-order valence-corrected chi connectivity index (χ2v) is 5.54. The van der Waals surface area contributed by atoms with Gasteiger partial charge >= 0.3 is 6.03 Å². The minimum atomic E-state index is -0.588.